The first kappa shape index (κ1) is 13.4. The lowest BCUT2D eigenvalue weighted by Crippen LogP contribution is -2.11. The summed E-state index contributed by atoms with van der Waals surface area (Å²) in [6.45, 7) is 2.42. The first-order valence-corrected chi connectivity index (χ1v) is 6.39. The Kier molecular flexibility index (Phi) is 3.95. The highest BCUT2D eigenvalue weighted by atomic mass is 35.5. The van der Waals surface area contributed by atoms with Gasteiger partial charge >= 0.3 is 0 Å². The molecule has 2 aromatic rings. The minimum Gasteiger partial charge on any atom is -0.287 e. The molecule has 0 bridgehead atoms. The highest BCUT2D eigenvalue weighted by Crippen LogP contribution is 2.29. The van der Waals surface area contributed by atoms with E-state index in [1.54, 1.807) is 18.2 Å². The molecule has 0 aliphatic heterocycles. The van der Waals surface area contributed by atoms with Gasteiger partial charge in [0.25, 0.3) is 0 Å². The van der Waals surface area contributed by atoms with Gasteiger partial charge in [-0.25, -0.2) is 0 Å². The standard InChI is InChI=1S/C12H9Cl3N2O/c1-2-17-11(9(14)6-16-17)12(18)7-4-3-5-8(13)10(7)15/h3-6H,2H2,1H3. The van der Waals surface area contributed by atoms with Crippen molar-refractivity contribution in [2.24, 2.45) is 0 Å². The molecule has 0 amide bonds. The van der Waals surface area contributed by atoms with Gasteiger partial charge in [0.2, 0.25) is 5.78 Å². The molecule has 1 aromatic heterocycles. The molecule has 0 aliphatic carbocycles. The quantitative estimate of drug-likeness (QED) is 0.800. The highest BCUT2D eigenvalue weighted by Gasteiger charge is 2.21. The van der Waals surface area contributed by atoms with Crippen LogP contribution in [-0.2, 0) is 6.54 Å². The summed E-state index contributed by atoms with van der Waals surface area (Å²) < 4.78 is 1.53. The Morgan fingerprint density at radius 2 is 2.00 bits per heavy atom. The summed E-state index contributed by atoms with van der Waals surface area (Å²) in [4.78, 5) is 12.4. The maximum Gasteiger partial charge on any atom is 0.214 e. The number of aromatic nitrogens is 2. The van der Waals surface area contributed by atoms with Gasteiger partial charge in [0.15, 0.2) is 0 Å². The normalized spacial score (nSPS) is 10.7. The van der Waals surface area contributed by atoms with Crippen molar-refractivity contribution in [3.05, 3.63) is 50.7 Å². The largest absolute Gasteiger partial charge is 0.287 e. The summed E-state index contributed by atoms with van der Waals surface area (Å²) >= 11 is 17.9. The topological polar surface area (TPSA) is 34.9 Å². The Labute approximate surface area is 119 Å². The number of aryl methyl sites for hydroxylation is 1. The van der Waals surface area contributed by atoms with E-state index in [4.69, 9.17) is 34.8 Å². The van der Waals surface area contributed by atoms with Crippen molar-refractivity contribution in [3.8, 4) is 0 Å². The summed E-state index contributed by atoms with van der Waals surface area (Å²) in [5, 5.41) is 4.88. The summed E-state index contributed by atoms with van der Waals surface area (Å²) in [5.74, 6) is -0.285. The first-order valence-electron chi connectivity index (χ1n) is 5.26. The van der Waals surface area contributed by atoms with Crippen LogP contribution in [0.25, 0.3) is 0 Å². The van der Waals surface area contributed by atoms with E-state index in [0.29, 0.717) is 27.8 Å². The number of carbonyl (C=O) groups is 1. The summed E-state index contributed by atoms with van der Waals surface area (Å²) in [5.41, 5.74) is 0.643. The Morgan fingerprint density at radius 1 is 1.28 bits per heavy atom. The molecular formula is C12H9Cl3N2O. The minimum absolute atomic E-state index is 0.226. The zero-order valence-electron chi connectivity index (χ0n) is 9.45. The van der Waals surface area contributed by atoms with E-state index in [1.165, 1.54) is 10.9 Å². The van der Waals surface area contributed by atoms with E-state index in [9.17, 15) is 4.79 Å². The second-order valence-corrected chi connectivity index (χ2v) is 4.78. The van der Waals surface area contributed by atoms with Crippen LogP contribution in [0, 0.1) is 0 Å². The molecule has 0 saturated carbocycles. The number of ketones is 1. The third kappa shape index (κ3) is 2.26. The monoisotopic (exact) mass is 302 g/mol. The van der Waals surface area contributed by atoms with Crippen LogP contribution >= 0.6 is 34.8 Å². The van der Waals surface area contributed by atoms with Gasteiger partial charge in [-0.1, -0.05) is 40.9 Å². The van der Waals surface area contributed by atoms with Gasteiger partial charge < -0.3 is 0 Å². The smallest absolute Gasteiger partial charge is 0.214 e. The molecular weight excluding hydrogens is 295 g/mol. The third-order valence-corrected chi connectivity index (χ3v) is 3.60. The van der Waals surface area contributed by atoms with Gasteiger partial charge in [-0.2, -0.15) is 5.10 Å². The fourth-order valence-electron chi connectivity index (χ4n) is 1.63. The van der Waals surface area contributed by atoms with Crippen molar-refractivity contribution in [2.45, 2.75) is 13.5 Å². The maximum atomic E-state index is 12.4. The number of hydrogen-bond donors (Lipinski definition) is 0. The van der Waals surface area contributed by atoms with Crippen molar-refractivity contribution in [2.75, 3.05) is 0 Å². The number of hydrogen-bond acceptors (Lipinski definition) is 2. The van der Waals surface area contributed by atoms with Gasteiger partial charge in [0, 0.05) is 12.1 Å². The molecule has 18 heavy (non-hydrogen) atoms. The lowest BCUT2D eigenvalue weighted by atomic mass is 10.1. The molecule has 3 nitrogen and oxygen atoms in total. The van der Waals surface area contributed by atoms with Gasteiger partial charge in [-0.3, -0.25) is 9.48 Å². The second-order valence-electron chi connectivity index (χ2n) is 3.59. The van der Waals surface area contributed by atoms with Gasteiger partial charge in [0.1, 0.15) is 5.69 Å². The van der Waals surface area contributed by atoms with Crippen LogP contribution in [0.2, 0.25) is 15.1 Å². The summed E-state index contributed by atoms with van der Waals surface area (Å²) in [6, 6.07) is 4.90. The van der Waals surface area contributed by atoms with E-state index in [0.717, 1.165) is 0 Å². The van der Waals surface area contributed by atoms with Crippen LogP contribution in [0.15, 0.2) is 24.4 Å². The van der Waals surface area contributed by atoms with E-state index < -0.39 is 0 Å². The van der Waals surface area contributed by atoms with Crippen LogP contribution in [0.5, 0.6) is 0 Å². The molecule has 0 N–H and O–H groups in total. The molecule has 0 fully saturated rings. The van der Waals surface area contributed by atoms with Crippen molar-refractivity contribution >= 4 is 40.6 Å². The van der Waals surface area contributed by atoms with Gasteiger partial charge in [-0.15, -0.1) is 0 Å². The average molecular weight is 304 g/mol. The predicted octanol–water partition coefficient (Wildman–Crippen LogP) is 4.09. The molecule has 6 heteroatoms. The van der Waals surface area contributed by atoms with Crippen molar-refractivity contribution in [1.29, 1.82) is 0 Å². The summed E-state index contributed by atoms with van der Waals surface area (Å²) in [7, 11) is 0. The lowest BCUT2D eigenvalue weighted by molar-refractivity contribution is 0.102. The molecule has 0 unspecified atom stereocenters. The average Bonchev–Trinajstić information content (AvgIpc) is 2.73. The second kappa shape index (κ2) is 5.31. The van der Waals surface area contributed by atoms with Crippen LogP contribution in [0.3, 0.4) is 0 Å². The number of nitrogens with zero attached hydrogens (tertiary/aromatic N) is 2. The Hall–Kier alpha value is -1.03. The van der Waals surface area contributed by atoms with Crippen LogP contribution in [-0.4, -0.2) is 15.6 Å². The Morgan fingerprint density at radius 3 is 2.67 bits per heavy atom. The molecule has 0 spiro atoms. The van der Waals surface area contributed by atoms with Crippen molar-refractivity contribution in [3.63, 3.8) is 0 Å². The number of rotatable bonds is 3. The van der Waals surface area contributed by atoms with Crippen molar-refractivity contribution in [1.82, 2.24) is 9.78 Å². The molecule has 0 aliphatic rings. The fraction of sp³-hybridized carbons (Fsp3) is 0.167. The Bertz CT molecular complexity index is 607. The SMILES string of the molecule is CCn1ncc(Cl)c1C(=O)c1cccc(Cl)c1Cl. The zero-order valence-corrected chi connectivity index (χ0v) is 11.7. The van der Waals surface area contributed by atoms with E-state index in [2.05, 4.69) is 5.10 Å². The number of benzene rings is 1. The van der Waals surface area contributed by atoms with Crippen LogP contribution in [0.4, 0.5) is 0 Å². The van der Waals surface area contributed by atoms with Gasteiger partial charge in [0.05, 0.1) is 21.3 Å². The molecule has 1 aromatic carbocycles. The van der Waals surface area contributed by atoms with Gasteiger partial charge in [-0.05, 0) is 19.1 Å². The minimum atomic E-state index is -0.285. The third-order valence-electron chi connectivity index (χ3n) is 2.51. The van der Waals surface area contributed by atoms with Crippen LogP contribution in [0.1, 0.15) is 23.0 Å². The van der Waals surface area contributed by atoms with Crippen LogP contribution < -0.4 is 0 Å². The summed E-state index contributed by atoms with van der Waals surface area (Å²) in [6.07, 6.45) is 1.44. The fourth-order valence-corrected chi connectivity index (χ4v) is 2.25. The number of halogens is 3. The zero-order chi connectivity index (χ0) is 13.3. The Balaban J connectivity index is 2.55. The predicted molar refractivity (Wildman–Crippen MR) is 72.8 cm³/mol. The number of carbonyl (C=O) groups excluding carboxylic acids is 1. The van der Waals surface area contributed by atoms with E-state index in [-0.39, 0.29) is 10.8 Å². The van der Waals surface area contributed by atoms with E-state index in [1.807, 2.05) is 6.92 Å². The van der Waals surface area contributed by atoms with E-state index >= 15 is 0 Å². The molecule has 0 radical (unpaired) electrons. The lowest BCUT2D eigenvalue weighted by Gasteiger charge is -2.07. The molecule has 1 heterocycles. The molecule has 2 rings (SSSR count). The highest BCUT2D eigenvalue weighted by molar-refractivity contribution is 6.44. The van der Waals surface area contributed by atoms with Crippen molar-refractivity contribution < 1.29 is 4.79 Å². The first-order chi connectivity index (χ1) is 8.56. The molecule has 94 valence electrons. The molecule has 0 atom stereocenters. The maximum absolute atomic E-state index is 12.4. The molecule has 0 saturated heterocycles.